The van der Waals surface area contributed by atoms with Gasteiger partial charge in [-0.3, -0.25) is 4.79 Å². The van der Waals surface area contributed by atoms with Crippen molar-refractivity contribution in [3.63, 3.8) is 0 Å². The van der Waals surface area contributed by atoms with Crippen LogP contribution in [0.4, 0.5) is 5.82 Å². The van der Waals surface area contributed by atoms with Crippen molar-refractivity contribution in [3.8, 4) is 0 Å². The fraction of sp³-hybridized carbons (Fsp3) is 0.643. The lowest BCUT2D eigenvalue weighted by molar-refractivity contribution is 0.0946. The number of aromatic nitrogens is 2. The van der Waals surface area contributed by atoms with Crippen molar-refractivity contribution < 1.29 is 4.79 Å². The van der Waals surface area contributed by atoms with Crippen molar-refractivity contribution in [1.29, 1.82) is 0 Å². The molecule has 106 valence electrons. The second-order valence-electron chi connectivity index (χ2n) is 5.52. The molecule has 0 aliphatic rings. The molecule has 0 saturated carbocycles. The zero-order valence-electron chi connectivity index (χ0n) is 12.2. The Bertz CT molecular complexity index is 387. The fourth-order valence-electron chi connectivity index (χ4n) is 1.42. The Morgan fingerprint density at radius 2 is 1.89 bits per heavy atom. The number of carbonyl (C=O) groups excluding carboxylic acids is 1. The average molecular weight is 264 g/mol. The molecule has 0 aliphatic carbocycles. The number of anilines is 1. The first kappa shape index (κ1) is 15.4. The molecule has 0 aliphatic heterocycles. The largest absolute Gasteiger partial charge is 0.368 e. The molecule has 0 bridgehead atoms. The predicted molar refractivity (Wildman–Crippen MR) is 77.1 cm³/mol. The van der Waals surface area contributed by atoms with E-state index in [1.165, 1.54) is 0 Å². The Balaban J connectivity index is 2.44. The Hall–Kier alpha value is -1.65. The number of hydrogen-bond acceptors (Lipinski definition) is 4. The van der Waals surface area contributed by atoms with Crippen LogP contribution in [0.15, 0.2) is 12.1 Å². The van der Waals surface area contributed by atoms with Crippen LogP contribution < -0.4 is 10.6 Å². The van der Waals surface area contributed by atoms with Gasteiger partial charge in [0.1, 0.15) is 5.82 Å². The Kier molecular flexibility index (Phi) is 6.25. The standard InChI is InChI=1S/C14H24N4O/c1-10(2)7-8-15-14(19)12-5-6-13(18-17-12)16-9-11(3)4/h5-6,10-11H,7-9H2,1-4H3,(H,15,19)(H,16,18). The highest BCUT2D eigenvalue weighted by molar-refractivity contribution is 5.92. The third-order valence-corrected chi connectivity index (χ3v) is 2.60. The molecule has 0 atom stereocenters. The van der Waals surface area contributed by atoms with Crippen LogP contribution in [0.3, 0.4) is 0 Å². The molecule has 1 rings (SSSR count). The molecule has 1 aromatic rings. The van der Waals surface area contributed by atoms with Gasteiger partial charge in [0.25, 0.3) is 5.91 Å². The molecule has 5 heteroatoms. The minimum absolute atomic E-state index is 0.163. The van der Waals surface area contributed by atoms with Crippen molar-refractivity contribution in [2.24, 2.45) is 11.8 Å². The summed E-state index contributed by atoms with van der Waals surface area (Å²) < 4.78 is 0. The van der Waals surface area contributed by atoms with Gasteiger partial charge in [0.2, 0.25) is 0 Å². The third kappa shape index (κ3) is 6.18. The number of rotatable bonds is 7. The molecule has 2 N–H and O–H groups in total. The topological polar surface area (TPSA) is 66.9 Å². The number of carbonyl (C=O) groups is 1. The van der Waals surface area contributed by atoms with E-state index in [0.717, 1.165) is 13.0 Å². The van der Waals surface area contributed by atoms with E-state index in [9.17, 15) is 4.79 Å². The Morgan fingerprint density at radius 3 is 2.42 bits per heavy atom. The van der Waals surface area contributed by atoms with Gasteiger partial charge in [0.05, 0.1) is 0 Å². The Labute approximate surface area is 115 Å². The molecule has 0 fully saturated rings. The van der Waals surface area contributed by atoms with Gasteiger partial charge in [-0.15, -0.1) is 10.2 Å². The van der Waals surface area contributed by atoms with E-state index in [2.05, 4.69) is 48.5 Å². The monoisotopic (exact) mass is 264 g/mol. The summed E-state index contributed by atoms with van der Waals surface area (Å²) >= 11 is 0. The van der Waals surface area contributed by atoms with Crippen molar-refractivity contribution in [3.05, 3.63) is 17.8 Å². The summed E-state index contributed by atoms with van der Waals surface area (Å²) in [5.41, 5.74) is 0.360. The maximum Gasteiger partial charge on any atom is 0.271 e. The predicted octanol–water partition coefficient (Wildman–Crippen LogP) is 2.32. The summed E-state index contributed by atoms with van der Waals surface area (Å²) in [5.74, 6) is 1.66. The highest BCUT2D eigenvalue weighted by atomic mass is 16.1. The highest BCUT2D eigenvalue weighted by Gasteiger charge is 2.07. The van der Waals surface area contributed by atoms with E-state index >= 15 is 0 Å². The van der Waals surface area contributed by atoms with Crippen molar-refractivity contribution in [2.45, 2.75) is 34.1 Å². The molecule has 0 saturated heterocycles. The second-order valence-corrected chi connectivity index (χ2v) is 5.52. The summed E-state index contributed by atoms with van der Waals surface area (Å²) in [7, 11) is 0. The van der Waals surface area contributed by atoms with Crippen LogP contribution in [0.25, 0.3) is 0 Å². The zero-order chi connectivity index (χ0) is 14.3. The molecule has 1 heterocycles. The first-order valence-electron chi connectivity index (χ1n) is 6.85. The number of amides is 1. The minimum Gasteiger partial charge on any atom is -0.368 e. The van der Waals surface area contributed by atoms with Crippen LogP contribution in [0, 0.1) is 11.8 Å². The molecule has 0 unspecified atom stereocenters. The number of nitrogens with one attached hydrogen (secondary N) is 2. The van der Waals surface area contributed by atoms with Gasteiger partial charge in [-0.05, 0) is 30.4 Å². The van der Waals surface area contributed by atoms with Crippen LogP contribution in [0.5, 0.6) is 0 Å². The lowest BCUT2D eigenvalue weighted by Gasteiger charge is -2.08. The van der Waals surface area contributed by atoms with Gasteiger partial charge in [-0.2, -0.15) is 0 Å². The Morgan fingerprint density at radius 1 is 1.16 bits per heavy atom. The van der Waals surface area contributed by atoms with Crippen molar-refractivity contribution in [2.75, 3.05) is 18.4 Å². The molecule has 0 radical (unpaired) electrons. The molecule has 1 aromatic heterocycles. The lowest BCUT2D eigenvalue weighted by Crippen LogP contribution is -2.26. The summed E-state index contributed by atoms with van der Waals surface area (Å²) in [4.78, 5) is 11.8. The second kappa shape index (κ2) is 7.71. The van der Waals surface area contributed by atoms with Crippen LogP contribution in [0.1, 0.15) is 44.6 Å². The maximum atomic E-state index is 11.8. The van der Waals surface area contributed by atoms with E-state index in [1.54, 1.807) is 12.1 Å². The molecule has 1 amide bonds. The number of hydrogen-bond donors (Lipinski definition) is 2. The fourth-order valence-corrected chi connectivity index (χ4v) is 1.42. The van der Waals surface area contributed by atoms with E-state index < -0.39 is 0 Å². The summed E-state index contributed by atoms with van der Waals surface area (Å²) in [5, 5.41) is 13.9. The summed E-state index contributed by atoms with van der Waals surface area (Å²) in [6.07, 6.45) is 0.965. The first-order chi connectivity index (χ1) is 8.99. The highest BCUT2D eigenvalue weighted by Crippen LogP contribution is 2.04. The van der Waals surface area contributed by atoms with E-state index in [1.807, 2.05) is 0 Å². The minimum atomic E-state index is -0.163. The van der Waals surface area contributed by atoms with Gasteiger partial charge < -0.3 is 10.6 Å². The number of nitrogens with zero attached hydrogens (tertiary/aromatic N) is 2. The van der Waals surface area contributed by atoms with Crippen LogP contribution in [-0.4, -0.2) is 29.2 Å². The van der Waals surface area contributed by atoms with Crippen LogP contribution in [0.2, 0.25) is 0 Å². The van der Waals surface area contributed by atoms with Gasteiger partial charge in [0.15, 0.2) is 5.69 Å². The molecule has 19 heavy (non-hydrogen) atoms. The molecular formula is C14H24N4O. The zero-order valence-corrected chi connectivity index (χ0v) is 12.2. The maximum absolute atomic E-state index is 11.8. The average Bonchev–Trinajstić information content (AvgIpc) is 2.36. The molecular weight excluding hydrogens is 240 g/mol. The summed E-state index contributed by atoms with van der Waals surface area (Å²) in [6.45, 7) is 10.0. The van der Waals surface area contributed by atoms with Gasteiger partial charge >= 0.3 is 0 Å². The van der Waals surface area contributed by atoms with Crippen LogP contribution >= 0.6 is 0 Å². The normalized spacial score (nSPS) is 10.8. The van der Waals surface area contributed by atoms with Crippen LogP contribution in [-0.2, 0) is 0 Å². The van der Waals surface area contributed by atoms with E-state index in [0.29, 0.717) is 29.9 Å². The lowest BCUT2D eigenvalue weighted by atomic mass is 10.1. The van der Waals surface area contributed by atoms with E-state index in [4.69, 9.17) is 0 Å². The summed E-state index contributed by atoms with van der Waals surface area (Å²) in [6, 6.07) is 3.48. The van der Waals surface area contributed by atoms with Gasteiger partial charge in [-0.25, -0.2) is 0 Å². The molecule has 0 spiro atoms. The van der Waals surface area contributed by atoms with Gasteiger partial charge in [0, 0.05) is 13.1 Å². The third-order valence-electron chi connectivity index (χ3n) is 2.60. The quantitative estimate of drug-likeness (QED) is 0.793. The molecule has 5 nitrogen and oxygen atoms in total. The van der Waals surface area contributed by atoms with Crippen molar-refractivity contribution in [1.82, 2.24) is 15.5 Å². The van der Waals surface area contributed by atoms with E-state index in [-0.39, 0.29) is 5.91 Å². The molecule has 0 aromatic carbocycles. The SMILES string of the molecule is CC(C)CCNC(=O)c1ccc(NCC(C)C)nn1. The van der Waals surface area contributed by atoms with Crippen molar-refractivity contribution >= 4 is 11.7 Å². The smallest absolute Gasteiger partial charge is 0.271 e. The first-order valence-corrected chi connectivity index (χ1v) is 6.85. The van der Waals surface area contributed by atoms with Gasteiger partial charge in [-0.1, -0.05) is 27.7 Å².